The number of esters is 1. The van der Waals surface area contributed by atoms with Gasteiger partial charge in [0.25, 0.3) is 0 Å². The molecular formula is C42H44N2O4S2. The second kappa shape index (κ2) is 15.1. The number of thioether (sulfide) groups is 1. The van der Waals surface area contributed by atoms with E-state index in [0.29, 0.717) is 50.4 Å². The molecule has 2 fully saturated rings. The number of carbonyl (C=O) groups excluding carboxylic acids is 1. The van der Waals surface area contributed by atoms with Crippen LogP contribution in [0.25, 0.3) is 10.8 Å². The molecule has 0 bridgehead atoms. The molecule has 1 N–H and O–H groups in total. The Bertz CT molecular complexity index is 1900. The first kappa shape index (κ1) is 34.5. The molecule has 2 saturated heterocycles. The number of ether oxygens (including phenoxy) is 1. The second-order valence-corrected chi connectivity index (χ2v) is 16.8. The highest BCUT2D eigenvalue weighted by atomic mass is 32.2. The summed E-state index contributed by atoms with van der Waals surface area (Å²) in [7, 11) is -3.81. The minimum absolute atomic E-state index is 0.118. The van der Waals surface area contributed by atoms with Crippen molar-refractivity contribution in [2.45, 2.75) is 52.5 Å². The summed E-state index contributed by atoms with van der Waals surface area (Å²) >= 11 is 1.91. The molecule has 1 unspecified atom stereocenters. The van der Waals surface area contributed by atoms with Crippen LogP contribution >= 0.6 is 11.8 Å². The van der Waals surface area contributed by atoms with Crippen LogP contribution in [0.1, 0.15) is 42.9 Å². The molecule has 0 radical (unpaired) electrons. The van der Waals surface area contributed by atoms with E-state index in [1.54, 1.807) is 6.07 Å². The Morgan fingerprint density at radius 2 is 1.34 bits per heavy atom. The third-order valence-electron chi connectivity index (χ3n) is 10.2. The number of sulfone groups is 1. The van der Waals surface area contributed by atoms with Crippen molar-refractivity contribution >= 4 is 38.3 Å². The van der Waals surface area contributed by atoms with Crippen LogP contribution in [0.5, 0.6) is 0 Å². The van der Waals surface area contributed by atoms with Crippen molar-refractivity contribution in [1.82, 2.24) is 10.2 Å². The smallest absolute Gasteiger partial charge is 0.309 e. The van der Waals surface area contributed by atoms with Crippen LogP contribution in [-0.2, 0) is 24.1 Å². The molecule has 2 aliphatic heterocycles. The van der Waals surface area contributed by atoms with Gasteiger partial charge in [0.1, 0.15) is 5.37 Å². The van der Waals surface area contributed by atoms with E-state index in [4.69, 9.17) is 4.74 Å². The summed E-state index contributed by atoms with van der Waals surface area (Å²) in [6.45, 7) is 3.87. The molecule has 5 aromatic carbocycles. The summed E-state index contributed by atoms with van der Waals surface area (Å²) < 4.78 is 34.5. The number of fused-ring (bicyclic) bond motifs is 1. The summed E-state index contributed by atoms with van der Waals surface area (Å²) in [6.07, 6.45) is 1.83. The summed E-state index contributed by atoms with van der Waals surface area (Å²) in [5, 5.41) is 4.96. The summed E-state index contributed by atoms with van der Waals surface area (Å²) in [4.78, 5) is 15.1. The zero-order chi connectivity index (χ0) is 34.6. The lowest BCUT2D eigenvalue weighted by Crippen LogP contribution is -2.54. The van der Waals surface area contributed by atoms with E-state index in [1.807, 2.05) is 55.1 Å². The number of nitrogens with zero attached hydrogens (tertiary/aromatic N) is 1. The van der Waals surface area contributed by atoms with Crippen molar-refractivity contribution in [3.63, 3.8) is 0 Å². The molecule has 0 aliphatic carbocycles. The minimum Gasteiger partial charge on any atom is -0.466 e. The van der Waals surface area contributed by atoms with Gasteiger partial charge in [-0.25, -0.2) is 8.42 Å². The monoisotopic (exact) mass is 704 g/mol. The van der Waals surface area contributed by atoms with Gasteiger partial charge in [-0.2, -0.15) is 0 Å². The van der Waals surface area contributed by atoms with Gasteiger partial charge in [-0.05, 0) is 65.8 Å². The molecule has 0 aromatic heterocycles. The molecule has 8 heteroatoms. The zero-order valence-electron chi connectivity index (χ0n) is 28.4. The molecule has 5 aromatic rings. The van der Waals surface area contributed by atoms with E-state index in [9.17, 15) is 13.2 Å². The second-order valence-electron chi connectivity index (χ2n) is 13.3. The Morgan fingerprint density at radius 3 is 1.90 bits per heavy atom. The predicted octanol–water partition coefficient (Wildman–Crippen LogP) is 7.67. The Labute approximate surface area is 300 Å². The fourth-order valence-corrected chi connectivity index (χ4v) is 11.7. The van der Waals surface area contributed by atoms with Crippen molar-refractivity contribution in [3.05, 3.63) is 150 Å². The summed E-state index contributed by atoms with van der Waals surface area (Å²) in [5.41, 5.74) is 3.56. The highest BCUT2D eigenvalue weighted by Crippen LogP contribution is 2.51. The number of piperidine rings is 1. The number of nitrogens with one attached hydrogen (secondary N) is 1. The van der Waals surface area contributed by atoms with E-state index < -0.39 is 20.0 Å². The van der Waals surface area contributed by atoms with Crippen LogP contribution < -0.4 is 5.32 Å². The van der Waals surface area contributed by atoms with Crippen LogP contribution in [-0.4, -0.2) is 62.2 Å². The van der Waals surface area contributed by atoms with Gasteiger partial charge >= 0.3 is 5.97 Å². The normalized spacial score (nSPS) is 19.7. The van der Waals surface area contributed by atoms with Gasteiger partial charge in [0, 0.05) is 30.9 Å². The lowest BCUT2D eigenvalue weighted by molar-refractivity contribution is -0.149. The molecule has 2 heterocycles. The average Bonchev–Trinajstić information content (AvgIpc) is 3.62. The third kappa shape index (κ3) is 6.87. The Balaban J connectivity index is 1.24. The maximum absolute atomic E-state index is 14.9. The van der Waals surface area contributed by atoms with E-state index >= 15 is 0 Å². The predicted molar refractivity (Wildman–Crippen MR) is 203 cm³/mol. The molecule has 3 atom stereocenters. The van der Waals surface area contributed by atoms with Gasteiger partial charge in [-0.15, -0.1) is 11.8 Å². The standard InChI is InChI=1S/C42H44N2O4S2/c1-2-48-41(45)32-24-26-44(27-25-32)40(50(46,47)38-23-22-31-14-12-13-15-33(31)28-38)39-29-37(30-43-39)49-42(34-16-6-3-7-17-34,35-18-8-4-9-19-35)36-20-10-5-11-21-36/h3-23,28,32,37,39-40,43H,2,24-27,29-30H2,1H3/t37-,39+,40?/m1/s1. The topological polar surface area (TPSA) is 75.7 Å². The first-order valence-corrected chi connectivity index (χ1v) is 20.0. The number of rotatable bonds is 11. The maximum Gasteiger partial charge on any atom is 0.309 e. The van der Waals surface area contributed by atoms with Crippen LogP contribution in [0.15, 0.2) is 138 Å². The highest BCUT2D eigenvalue weighted by molar-refractivity contribution is 8.01. The van der Waals surface area contributed by atoms with Crippen LogP contribution in [0.2, 0.25) is 0 Å². The fourth-order valence-electron chi connectivity index (χ4n) is 7.81. The molecule has 2 aliphatic rings. The highest BCUT2D eigenvalue weighted by Gasteiger charge is 2.47. The van der Waals surface area contributed by atoms with Crippen molar-refractivity contribution in [1.29, 1.82) is 0 Å². The fraction of sp³-hybridized carbons (Fsp3) is 0.310. The molecule has 0 amide bonds. The first-order valence-electron chi connectivity index (χ1n) is 17.6. The van der Waals surface area contributed by atoms with Gasteiger partial charge in [0.15, 0.2) is 9.84 Å². The molecule has 7 rings (SSSR count). The Kier molecular flexibility index (Phi) is 10.4. The minimum atomic E-state index is -3.81. The third-order valence-corrected chi connectivity index (χ3v) is 14.2. The zero-order valence-corrected chi connectivity index (χ0v) is 30.0. The summed E-state index contributed by atoms with van der Waals surface area (Å²) in [5.74, 6) is -0.395. The lowest BCUT2D eigenvalue weighted by Gasteiger charge is -2.39. The van der Waals surface area contributed by atoms with Crippen molar-refractivity contribution < 1.29 is 17.9 Å². The quantitative estimate of drug-likeness (QED) is 0.112. The van der Waals surface area contributed by atoms with Gasteiger partial charge in [0.05, 0.1) is 22.2 Å². The van der Waals surface area contributed by atoms with Crippen LogP contribution in [0.4, 0.5) is 0 Å². The molecular weight excluding hydrogens is 661 g/mol. The lowest BCUT2D eigenvalue weighted by atomic mass is 9.84. The molecule has 0 spiro atoms. The van der Waals surface area contributed by atoms with Gasteiger partial charge in [0.2, 0.25) is 0 Å². The van der Waals surface area contributed by atoms with Crippen LogP contribution in [0.3, 0.4) is 0 Å². The van der Waals surface area contributed by atoms with Gasteiger partial charge in [-0.1, -0.05) is 121 Å². The molecule has 0 saturated carbocycles. The molecule has 6 nitrogen and oxygen atoms in total. The summed E-state index contributed by atoms with van der Waals surface area (Å²) in [6, 6.07) is 45.0. The Morgan fingerprint density at radius 1 is 0.800 bits per heavy atom. The number of carbonyl (C=O) groups is 1. The van der Waals surface area contributed by atoms with E-state index in [1.165, 1.54) is 16.7 Å². The number of likely N-dealkylation sites (tertiary alicyclic amines) is 1. The number of benzene rings is 5. The molecule has 258 valence electrons. The SMILES string of the molecule is CCOC(=O)C1CCN(C([C@@H]2C[C@@H](SC(c3ccccc3)(c3ccccc3)c3ccccc3)CN2)S(=O)(=O)c2ccc3ccccc3c2)CC1. The maximum atomic E-state index is 14.9. The van der Waals surface area contributed by atoms with Crippen molar-refractivity contribution in [2.24, 2.45) is 5.92 Å². The van der Waals surface area contributed by atoms with Crippen molar-refractivity contribution in [3.8, 4) is 0 Å². The largest absolute Gasteiger partial charge is 0.466 e. The van der Waals surface area contributed by atoms with Crippen LogP contribution in [0, 0.1) is 5.92 Å². The van der Waals surface area contributed by atoms with Gasteiger partial charge < -0.3 is 10.1 Å². The van der Waals surface area contributed by atoms with E-state index in [2.05, 4.69) is 101 Å². The Hall–Kier alpha value is -3.95. The van der Waals surface area contributed by atoms with Gasteiger partial charge in [-0.3, -0.25) is 9.69 Å². The molecule has 50 heavy (non-hydrogen) atoms. The number of hydrogen-bond donors (Lipinski definition) is 1. The van der Waals surface area contributed by atoms with Crippen molar-refractivity contribution in [2.75, 3.05) is 26.2 Å². The van der Waals surface area contributed by atoms with E-state index in [0.717, 1.165) is 10.8 Å². The number of hydrogen-bond acceptors (Lipinski definition) is 7. The first-order chi connectivity index (χ1) is 24.4. The van der Waals surface area contributed by atoms with E-state index in [-0.39, 0.29) is 23.2 Å². The average molecular weight is 705 g/mol.